The molecule has 0 saturated carbocycles. The number of anilines is 2. The van der Waals surface area contributed by atoms with Crippen LogP contribution in [0.5, 0.6) is 0 Å². The minimum Gasteiger partial charge on any atom is -0.480 e. The standard InChI is InChI=1S/C17H21N3O4/c21-15(11-19-8-2-6-14(19)17(23)24)18-12-4-1-5-13(10-12)20-9-3-7-16(20)22/h1,4-5,10,14H,2-3,6-9,11H2,(H,18,21)(H,23,24). The molecule has 0 spiro atoms. The van der Waals surface area contributed by atoms with Crippen molar-refractivity contribution in [3.63, 3.8) is 0 Å². The predicted molar refractivity (Wildman–Crippen MR) is 88.9 cm³/mol. The second-order valence-electron chi connectivity index (χ2n) is 6.21. The van der Waals surface area contributed by atoms with Crippen LogP contribution in [0, 0.1) is 0 Å². The van der Waals surface area contributed by atoms with Crippen LogP contribution in [0.1, 0.15) is 25.7 Å². The number of carbonyl (C=O) groups is 3. The van der Waals surface area contributed by atoms with Gasteiger partial charge in [-0.05, 0) is 44.0 Å². The Hall–Kier alpha value is -2.41. The minimum absolute atomic E-state index is 0.0594. The predicted octanol–water partition coefficient (Wildman–Crippen LogP) is 1.30. The SMILES string of the molecule is O=C(CN1CCCC1C(=O)O)Nc1cccc(N2CCCC2=O)c1. The highest BCUT2D eigenvalue weighted by Crippen LogP contribution is 2.24. The molecule has 1 atom stereocenters. The smallest absolute Gasteiger partial charge is 0.320 e. The quantitative estimate of drug-likeness (QED) is 0.849. The average Bonchev–Trinajstić information content (AvgIpc) is 3.16. The van der Waals surface area contributed by atoms with Gasteiger partial charge >= 0.3 is 5.97 Å². The molecular weight excluding hydrogens is 310 g/mol. The number of carbonyl (C=O) groups excluding carboxylic acids is 2. The number of hydrogen-bond donors (Lipinski definition) is 2. The molecule has 7 nitrogen and oxygen atoms in total. The third-order valence-corrected chi connectivity index (χ3v) is 4.51. The summed E-state index contributed by atoms with van der Waals surface area (Å²) in [5.74, 6) is -1.03. The lowest BCUT2D eigenvalue weighted by Crippen LogP contribution is -2.40. The monoisotopic (exact) mass is 331 g/mol. The molecule has 1 unspecified atom stereocenters. The maximum Gasteiger partial charge on any atom is 0.320 e. The highest BCUT2D eigenvalue weighted by molar-refractivity contribution is 5.97. The molecule has 2 saturated heterocycles. The number of amides is 2. The fourth-order valence-electron chi connectivity index (χ4n) is 3.35. The number of likely N-dealkylation sites (tertiary alicyclic amines) is 1. The van der Waals surface area contributed by atoms with E-state index in [1.54, 1.807) is 28.0 Å². The van der Waals surface area contributed by atoms with Gasteiger partial charge in [0.25, 0.3) is 0 Å². The molecule has 0 aliphatic carbocycles. The van der Waals surface area contributed by atoms with E-state index in [-0.39, 0.29) is 18.4 Å². The van der Waals surface area contributed by atoms with Crippen LogP contribution in [0.3, 0.4) is 0 Å². The summed E-state index contributed by atoms with van der Waals surface area (Å²) in [6, 6.07) is 6.61. The summed E-state index contributed by atoms with van der Waals surface area (Å²) in [6.07, 6.45) is 2.77. The lowest BCUT2D eigenvalue weighted by molar-refractivity contribution is -0.142. The van der Waals surface area contributed by atoms with E-state index in [1.807, 2.05) is 6.07 Å². The first-order chi connectivity index (χ1) is 11.5. The Morgan fingerprint density at radius 1 is 1.25 bits per heavy atom. The van der Waals surface area contributed by atoms with Gasteiger partial charge in [-0.1, -0.05) is 6.07 Å². The molecule has 2 heterocycles. The van der Waals surface area contributed by atoms with Gasteiger partial charge in [0, 0.05) is 24.3 Å². The number of rotatable bonds is 5. The molecule has 0 aromatic heterocycles. The van der Waals surface area contributed by atoms with Crippen LogP contribution in [0.15, 0.2) is 24.3 Å². The Morgan fingerprint density at radius 3 is 2.79 bits per heavy atom. The van der Waals surface area contributed by atoms with E-state index >= 15 is 0 Å². The molecule has 1 aromatic rings. The van der Waals surface area contributed by atoms with E-state index in [9.17, 15) is 14.4 Å². The summed E-state index contributed by atoms with van der Waals surface area (Å²) in [5.41, 5.74) is 1.39. The van der Waals surface area contributed by atoms with Crippen molar-refractivity contribution in [1.29, 1.82) is 0 Å². The van der Waals surface area contributed by atoms with Crippen molar-refractivity contribution in [2.45, 2.75) is 31.7 Å². The fraction of sp³-hybridized carbons (Fsp3) is 0.471. The van der Waals surface area contributed by atoms with Crippen LogP contribution in [-0.2, 0) is 14.4 Å². The van der Waals surface area contributed by atoms with Crippen LogP contribution in [0.25, 0.3) is 0 Å². The molecule has 2 fully saturated rings. The maximum atomic E-state index is 12.2. The molecule has 2 aliphatic rings. The third kappa shape index (κ3) is 3.56. The van der Waals surface area contributed by atoms with Crippen molar-refractivity contribution < 1.29 is 19.5 Å². The van der Waals surface area contributed by atoms with Gasteiger partial charge in [-0.3, -0.25) is 19.3 Å². The number of nitrogens with one attached hydrogen (secondary N) is 1. The van der Waals surface area contributed by atoms with E-state index in [0.717, 1.165) is 18.5 Å². The largest absolute Gasteiger partial charge is 0.480 e. The van der Waals surface area contributed by atoms with Gasteiger partial charge in [-0.15, -0.1) is 0 Å². The summed E-state index contributed by atoms with van der Waals surface area (Å²) in [5, 5.41) is 12.0. The summed E-state index contributed by atoms with van der Waals surface area (Å²) in [6.45, 7) is 1.38. The molecule has 2 N–H and O–H groups in total. The molecular formula is C17H21N3O4. The molecule has 3 rings (SSSR count). The summed E-state index contributed by atoms with van der Waals surface area (Å²) in [4.78, 5) is 38.6. The van der Waals surface area contributed by atoms with Crippen molar-refractivity contribution >= 4 is 29.2 Å². The first kappa shape index (κ1) is 16.4. The average molecular weight is 331 g/mol. The van der Waals surface area contributed by atoms with E-state index < -0.39 is 12.0 Å². The number of nitrogens with zero attached hydrogens (tertiary/aromatic N) is 2. The Balaban J connectivity index is 1.62. The van der Waals surface area contributed by atoms with Gasteiger partial charge in [0.2, 0.25) is 11.8 Å². The van der Waals surface area contributed by atoms with Crippen molar-refractivity contribution in [2.75, 3.05) is 29.9 Å². The summed E-state index contributed by atoms with van der Waals surface area (Å²) in [7, 11) is 0. The molecule has 128 valence electrons. The normalized spacial score (nSPS) is 21.2. The van der Waals surface area contributed by atoms with Crippen molar-refractivity contribution in [2.24, 2.45) is 0 Å². The van der Waals surface area contributed by atoms with Gasteiger partial charge in [-0.25, -0.2) is 0 Å². The topological polar surface area (TPSA) is 89.9 Å². The van der Waals surface area contributed by atoms with Crippen LogP contribution in [0.2, 0.25) is 0 Å². The van der Waals surface area contributed by atoms with E-state index in [0.29, 0.717) is 31.6 Å². The summed E-state index contributed by atoms with van der Waals surface area (Å²) >= 11 is 0. The maximum absolute atomic E-state index is 12.2. The third-order valence-electron chi connectivity index (χ3n) is 4.51. The zero-order valence-electron chi connectivity index (χ0n) is 13.4. The number of carboxylic acid groups (broad SMARTS) is 1. The van der Waals surface area contributed by atoms with Crippen molar-refractivity contribution in [3.05, 3.63) is 24.3 Å². The first-order valence-electron chi connectivity index (χ1n) is 8.22. The number of carboxylic acids is 1. The van der Waals surface area contributed by atoms with Crippen LogP contribution in [0.4, 0.5) is 11.4 Å². The van der Waals surface area contributed by atoms with Gasteiger partial charge in [0.1, 0.15) is 6.04 Å². The number of aliphatic carboxylic acids is 1. The van der Waals surface area contributed by atoms with Crippen molar-refractivity contribution in [3.8, 4) is 0 Å². The Kier molecular flexibility index (Phi) is 4.80. The molecule has 0 bridgehead atoms. The van der Waals surface area contributed by atoms with Crippen LogP contribution >= 0.6 is 0 Å². The summed E-state index contributed by atoms with van der Waals surface area (Å²) < 4.78 is 0. The van der Waals surface area contributed by atoms with Crippen molar-refractivity contribution in [1.82, 2.24) is 4.90 Å². The Morgan fingerprint density at radius 2 is 2.08 bits per heavy atom. The highest BCUT2D eigenvalue weighted by atomic mass is 16.4. The van der Waals surface area contributed by atoms with E-state index in [2.05, 4.69) is 5.32 Å². The number of hydrogen-bond acceptors (Lipinski definition) is 4. The lowest BCUT2D eigenvalue weighted by atomic mass is 10.2. The molecule has 0 radical (unpaired) electrons. The molecule has 2 amide bonds. The molecule has 2 aliphatic heterocycles. The Labute approximate surface area is 140 Å². The van der Waals surface area contributed by atoms with Gasteiger partial charge in [0.15, 0.2) is 0 Å². The highest BCUT2D eigenvalue weighted by Gasteiger charge is 2.31. The molecule has 1 aromatic carbocycles. The van der Waals surface area contributed by atoms with Crippen LogP contribution in [-0.4, -0.2) is 53.5 Å². The van der Waals surface area contributed by atoms with Gasteiger partial charge < -0.3 is 15.3 Å². The Bertz CT molecular complexity index is 661. The lowest BCUT2D eigenvalue weighted by Gasteiger charge is -2.21. The van der Waals surface area contributed by atoms with Crippen LogP contribution < -0.4 is 10.2 Å². The second-order valence-corrected chi connectivity index (χ2v) is 6.21. The molecule has 7 heteroatoms. The molecule has 24 heavy (non-hydrogen) atoms. The minimum atomic E-state index is -0.880. The zero-order valence-corrected chi connectivity index (χ0v) is 13.4. The van der Waals surface area contributed by atoms with Gasteiger partial charge in [0.05, 0.1) is 6.54 Å². The first-order valence-corrected chi connectivity index (χ1v) is 8.22. The zero-order chi connectivity index (χ0) is 17.1. The van der Waals surface area contributed by atoms with Gasteiger partial charge in [-0.2, -0.15) is 0 Å². The fourth-order valence-corrected chi connectivity index (χ4v) is 3.35. The van der Waals surface area contributed by atoms with E-state index in [1.165, 1.54) is 0 Å². The second kappa shape index (κ2) is 7.00. The number of benzene rings is 1. The van der Waals surface area contributed by atoms with E-state index in [4.69, 9.17) is 5.11 Å².